The summed E-state index contributed by atoms with van der Waals surface area (Å²) in [5.41, 5.74) is 6.71. The third-order valence-electron chi connectivity index (χ3n) is 2.57. The molecule has 1 amide bonds. The number of carbonyl (C=O) groups excluding carboxylic acids is 1. The summed E-state index contributed by atoms with van der Waals surface area (Å²) in [6.45, 7) is 0.989. The van der Waals surface area contributed by atoms with Crippen LogP contribution in [0.25, 0.3) is 0 Å². The maximum Gasteiger partial charge on any atom is 0.255 e. The van der Waals surface area contributed by atoms with Gasteiger partial charge in [-0.15, -0.1) is 12.4 Å². The van der Waals surface area contributed by atoms with Gasteiger partial charge in [-0.2, -0.15) is 0 Å². The zero-order valence-corrected chi connectivity index (χ0v) is 10.8. The summed E-state index contributed by atoms with van der Waals surface area (Å²) in [4.78, 5) is 11.5. The molecule has 0 aliphatic rings. The Bertz CT molecular complexity index is 362. The monoisotopic (exact) mass is 278 g/mol. The highest BCUT2D eigenvalue weighted by atomic mass is 35.5. The largest absolute Gasteiger partial charge is 0.350 e. The Morgan fingerprint density at radius 2 is 1.89 bits per heavy atom. The van der Waals surface area contributed by atoms with E-state index in [1.54, 1.807) is 6.92 Å². The molecule has 102 valence electrons. The molecule has 0 bridgehead atoms. The first-order valence-electron chi connectivity index (χ1n) is 5.38. The fourth-order valence-electron chi connectivity index (χ4n) is 1.47. The van der Waals surface area contributed by atoms with E-state index in [1.165, 1.54) is 0 Å². The fraction of sp³-hybridized carbons (Fsp3) is 0.417. The lowest BCUT2D eigenvalue weighted by Crippen LogP contribution is -2.37. The molecule has 6 heteroatoms. The Balaban J connectivity index is 0.00000289. The van der Waals surface area contributed by atoms with Gasteiger partial charge in [-0.05, 0) is 5.56 Å². The van der Waals surface area contributed by atoms with Gasteiger partial charge in [0.1, 0.15) is 0 Å². The van der Waals surface area contributed by atoms with Crippen LogP contribution in [-0.4, -0.2) is 18.9 Å². The molecular formula is C12H17ClF2N2O. The molecule has 0 aliphatic heterocycles. The average molecular weight is 279 g/mol. The minimum Gasteiger partial charge on any atom is -0.350 e. The molecule has 1 aromatic carbocycles. The molecule has 0 aliphatic carbocycles. The van der Waals surface area contributed by atoms with Crippen molar-refractivity contribution in [2.45, 2.75) is 19.4 Å². The lowest BCUT2D eigenvalue weighted by Gasteiger charge is -2.19. The first-order valence-corrected chi connectivity index (χ1v) is 5.38. The van der Waals surface area contributed by atoms with Crippen LogP contribution in [0.3, 0.4) is 0 Å². The summed E-state index contributed by atoms with van der Waals surface area (Å²) < 4.78 is 23.9. The van der Waals surface area contributed by atoms with Crippen molar-refractivity contribution in [3.8, 4) is 0 Å². The van der Waals surface area contributed by atoms with E-state index >= 15 is 0 Å². The van der Waals surface area contributed by atoms with Gasteiger partial charge in [0.05, 0.1) is 12.5 Å². The zero-order chi connectivity index (χ0) is 12.8. The van der Waals surface area contributed by atoms with Gasteiger partial charge in [-0.1, -0.05) is 37.3 Å². The molecule has 2 atom stereocenters. The van der Waals surface area contributed by atoms with Crippen LogP contribution < -0.4 is 11.1 Å². The van der Waals surface area contributed by atoms with Crippen molar-refractivity contribution in [3.63, 3.8) is 0 Å². The standard InChI is InChI=1S/C12H16F2N2O.ClH/c1-8(12(17)16-7-10(13)14)11(15)9-5-3-2-4-6-9;/h2-6,8,10-11H,7,15H2,1H3,(H,16,17);1H. The van der Waals surface area contributed by atoms with Gasteiger partial charge in [0.25, 0.3) is 6.43 Å². The van der Waals surface area contributed by atoms with Crippen molar-refractivity contribution in [2.75, 3.05) is 6.54 Å². The molecule has 2 unspecified atom stereocenters. The Morgan fingerprint density at radius 1 is 1.33 bits per heavy atom. The third-order valence-corrected chi connectivity index (χ3v) is 2.57. The van der Waals surface area contributed by atoms with E-state index in [4.69, 9.17) is 5.73 Å². The van der Waals surface area contributed by atoms with E-state index in [0.717, 1.165) is 5.56 Å². The normalized spacial score (nSPS) is 13.6. The van der Waals surface area contributed by atoms with Gasteiger partial charge in [0.2, 0.25) is 5.91 Å². The number of nitrogens with two attached hydrogens (primary N) is 1. The van der Waals surface area contributed by atoms with E-state index in [2.05, 4.69) is 5.32 Å². The first-order chi connectivity index (χ1) is 8.02. The highest BCUT2D eigenvalue weighted by Gasteiger charge is 2.22. The maximum absolute atomic E-state index is 11.9. The first kappa shape index (κ1) is 16.8. The maximum atomic E-state index is 11.9. The second kappa shape index (κ2) is 8.00. The Hall–Kier alpha value is -1.20. The zero-order valence-electron chi connectivity index (χ0n) is 9.98. The molecular weight excluding hydrogens is 262 g/mol. The topological polar surface area (TPSA) is 55.1 Å². The van der Waals surface area contributed by atoms with E-state index in [0.29, 0.717) is 0 Å². The van der Waals surface area contributed by atoms with Crippen molar-refractivity contribution in [2.24, 2.45) is 11.7 Å². The number of rotatable bonds is 5. The molecule has 1 rings (SSSR count). The van der Waals surface area contributed by atoms with Crippen LogP contribution in [0.4, 0.5) is 8.78 Å². The summed E-state index contributed by atoms with van der Waals surface area (Å²) >= 11 is 0. The smallest absolute Gasteiger partial charge is 0.255 e. The molecule has 0 saturated carbocycles. The van der Waals surface area contributed by atoms with Gasteiger partial charge in [-0.3, -0.25) is 4.79 Å². The van der Waals surface area contributed by atoms with E-state index in [-0.39, 0.29) is 12.4 Å². The Labute approximate surface area is 111 Å². The number of halogens is 3. The van der Waals surface area contributed by atoms with Crippen LogP contribution in [0.5, 0.6) is 0 Å². The Morgan fingerprint density at radius 3 is 2.39 bits per heavy atom. The van der Waals surface area contributed by atoms with Gasteiger partial charge in [0, 0.05) is 6.04 Å². The molecule has 3 nitrogen and oxygen atoms in total. The molecule has 1 aromatic rings. The van der Waals surface area contributed by atoms with Gasteiger partial charge < -0.3 is 11.1 Å². The van der Waals surface area contributed by atoms with Crippen LogP contribution in [0, 0.1) is 5.92 Å². The van der Waals surface area contributed by atoms with Crippen molar-refractivity contribution in [1.29, 1.82) is 0 Å². The molecule has 3 N–H and O–H groups in total. The molecule has 18 heavy (non-hydrogen) atoms. The van der Waals surface area contributed by atoms with Crippen molar-refractivity contribution >= 4 is 18.3 Å². The van der Waals surface area contributed by atoms with Crippen LogP contribution >= 0.6 is 12.4 Å². The van der Waals surface area contributed by atoms with Crippen LogP contribution in [0.1, 0.15) is 18.5 Å². The van der Waals surface area contributed by atoms with E-state index in [9.17, 15) is 13.6 Å². The number of nitrogens with one attached hydrogen (secondary N) is 1. The number of alkyl halides is 2. The lowest BCUT2D eigenvalue weighted by molar-refractivity contribution is -0.125. The predicted molar refractivity (Wildman–Crippen MR) is 68.8 cm³/mol. The number of hydrogen-bond donors (Lipinski definition) is 2. The van der Waals surface area contributed by atoms with Crippen molar-refractivity contribution in [1.82, 2.24) is 5.32 Å². The molecule has 0 heterocycles. The average Bonchev–Trinajstić information content (AvgIpc) is 2.35. The highest BCUT2D eigenvalue weighted by Crippen LogP contribution is 2.18. The minimum absolute atomic E-state index is 0. The molecule has 0 spiro atoms. The quantitative estimate of drug-likeness (QED) is 0.867. The SMILES string of the molecule is CC(C(=O)NCC(F)F)C(N)c1ccccc1.Cl. The van der Waals surface area contributed by atoms with E-state index < -0.39 is 30.8 Å². The van der Waals surface area contributed by atoms with Crippen LogP contribution in [0.2, 0.25) is 0 Å². The fourth-order valence-corrected chi connectivity index (χ4v) is 1.47. The summed E-state index contributed by atoms with van der Waals surface area (Å²) in [6.07, 6.45) is -2.54. The third kappa shape index (κ3) is 4.98. The highest BCUT2D eigenvalue weighted by molar-refractivity contribution is 5.85. The summed E-state index contributed by atoms with van der Waals surface area (Å²) in [5, 5.41) is 2.16. The number of carbonyl (C=O) groups is 1. The summed E-state index contributed by atoms with van der Waals surface area (Å²) in [7, 11) is 0. The number of benzene rings is 1. The number of hydrogen-bond acceptors (Lipinski definition) is 2. The van der Waals surface area contributed by atoms with Crippen molar-refractivity contribution in [3.05, 3.63) is 35.9 Å². The molecule has 0 fully saturated rings. The molecule has 0 aromatic heterocycles. The second-order valence-electron chi connectivity index (χ2n) is 3.86. The summed E-state index contributed by atoms with van der Waals surface area (Å²) in [5.74, 6) is -1.00. The molecule has 0 saturated heterocycles. The van der Waals surface area contributed by atoms with Crippen molar-refractivity contribution < 1.29 is 13.6 Å². The predicted octanol–water partition coefficient (Wildman–Crippen LogP) is 2.13. The minimum atomic E-state index is -2.54. The van der Waals surface area contributed by atoms with Crippen LogP contribution in [0.15, 0.2) is 30.3 Å². The second-order valence-corrected chi connectivity index (χ2v) is 3.86. The van der Waals surface area contributed by atoms with Gasteiger partial charge >= 0.3 is 0 Å². The van der Waals surface area contributed by atoms with Gasteiger partial charge in [-0.25, -0.2) is 8.78 Å². The van der Waals surface area contributed by atoms with Gasteiger partial charge in [0.15, 0.2) is 0 Å². The van der Waals surface area contributed by atoms with Crippen LogP contribution in [-0.2, 0) is 4.79 Å². The Kier molecular flexibility index (Phi) is 7.47. The number of amides is 1. The lowest BCUT2D eigenvalue weighted by atomic mass is 9.95. The van der Waals surface area contributed by atoms with E-state index in [1.807, 2.05) is 30.3 Å². The summed E-state index contributed by atoms with van der Waals surface area (Å²) in [6, 6.07) is 8.60. The molecule has 0 radical (unpaired) electrons.